The SMILES string of the molecule is CC(C)(C)COC(=O)N1CCC2(CCC(=O)N(Cc3ccccn3)C2)CC1. The predicted octanol–water partition coefficient (Wildman–Crippen LogP) is 3.47. The second-order valence-electron chi connectivity index (χ2n) is 9.17. The fourth-order valence-electron chi connectivity index (χ4n) is 3.87. The lowest BCUT2D eigenvalue weighted by atomic mass is 9.72. The van der Waals surface area contributed by atoms with Gasteiger partial charge in [-0.05, 0) is 42.2 Å². The summed E-state index contributed by atoms with van der Waals surface area (Å²) in [6, 6.07) is 5.80. The molecule has 3 heterocycles. The quantitative estimate of drug-likeness (QED) is 0.814. The first-order valence-corrected chi connectivity index (χ1v) is 9.86. The number of likely N-dealkylation sites (tertiary alicyclic amines) is 2. The molecule has 3 rings (SSSR count). The molecule has 0 unspecified atom stereocenters. The monoisotopic (exact) mass is 373 g/mol. The summed E-state index contributed by atoms with van der Waals surface area (Å²) in [6.45, 7) is 9.33. The number of nitrogens with zero attached hydrogens (tertiary/aromatic N) is 3. The minimum Gasteiger partial charge on any atom is -0.449 e. The molecule has 2 saturated heterocycles. The van der Waals surface area contributed by atoms with Crippen LogP contribution in [-0.2, 0) is 16.1 Å². The van der Waals surface area contributed by atoms with Crippen LogP contribution in [0.15, 0.2) is 24.4 Å². The van der Waals surface area contributed by atoms with Crippen molar-refractivity contribution in [2.45, 2.75) is 53.0 Å². The van der Waals surface area contributed by atoms with Crippen LogP contribution in [0.25, 0.3) is 0 Å². The molecular formula is C21H31N3O3. The van der Waals surface area contributed by atoms with Crippen LogP contribution in [0.5, 0.6) is 0 Å². The van der Waals surface area contributed by atoms with E-state index in [4.69, 9.17) is 4.74 Å². The number of piperidine rings is 2. The molecule has 0 aromatic carbocycles. The molecule has 1 aromatic heterocycles. The highest BCUT2D eigenvalue weighted by Gasteiger charge is 2.42. The molecule has 6 heteroatoms. The third kappa shape index (κ3) is 5.21. The molecule has 27 heavy (non-hydrogen) atoms. The van der Waals surface area contributed by atoms with Crippen LogP contribution in [0.4, 0.5) is 4.79 Å². The number of carbonyl (C=O) groups is 2. The van der Waals surface area contributed by atoms with E-state index in [1.54, 1.807) is 6.20 Å². The molecule has 0 N–H and O–H groups in total. The Morgan fingerprint density at radius 1 is 1.22 bits per heavy atom. The maximum Gasteiger partial charge on any atom is 0.409 e. The van der Waals surface area contributed by atoms with Gasteiger partial charge < -0.3 is 14.5 Å². The van der Waals surface area contributed by atoms with Crippen LogP contribution >= 0.6 is 0 Å². The van der Waals surface area contributed by atoms with Crippen LogP contribution in [0, 0.1) is 10.8 Å². The lowest BCUT2D eigenvalue weighted by molar-refractivity contribution is -0.139. The highest BCUT2D eigenvalue weighted by Crippen LogP contribution is 2.40. The van der Waals surface area contributed by atoms with E-state index in [0.717, 1.165) is 31.5 Å². The average molecular weight is 373 g/mol. The van der Waals surface area contributed by atoms with Crippen LogP contribution in [-0.4, -0.2) is 53.0 Å². The molecule has 2 aliphatic heterocycles. The van der Waals surface area contributed by atoms with Crippen LogP contribution in [0.1, 0.15) is 52.1 Å². The highest BCUT2D eigenvalue weighted by molar-refractivity contribution is 5.77. The Hall–Kier alpha value is -2.11. The second-order valence-corrected chi connectivity index (χ2v) is 9.17. The zero-order chi connectivity index (χ0) is 19.5. The van der Waals surface area contributed by atoms with E-state index in [1.807, 2.05) is 28.0 Å². The summed E-state index contributed by atoms with van der Waals surface area (Å²) in [6.07, 6.45) is 4.89. The fraction of sp³-hybridized carbons (Fsp3) is 0.667. The molecule has 0 bridgehead atoms. The first-order chi connectivity index (χ1) is 12.8. The molecule has 2 aliphatic rings. The van der Waals surface area contributed by atoms with Crippen molar-refractivity contribution >= 4 is 12.0 Å². The van der Waals surface area contributed by atoms with Crippen molar-refractivity contribution in [3.8, 4) is 0 Å². The van der Waals surface area contributed by atoms with Gasteiger partial charge in [-0.3, -0.25) is 9.78 Å². The summed E-state index contributed by atoms with van der Waals surface area (Å²) in [5, 5.41) is 0. The molecule has 0 aliphatic carbocycles. The summed E-state index contributed by atoms with van der Waals surface area (Å²) in [7, 11) is 0. The summed E-state index contributed by atoms with van der Waals surface area (Å²) in [5.41, 5.74) is 1.01. The maximum atomic E-state index is 12.4. The van der Waals surface area contributed by atoms with Crippen molar-refractivity contribution < 1.29 is 14.3 Å². The number of amides is 2. The summed E-state index contributed by atoms with van der Waals surface area (Å²) in [4.78, 5) is 32.8. The van der Waals surface area contributed by atoms with Crippen molar-refractivity contribution in [1.82, 2.24) is 14.8 Å². The number of hydrogen-bond donors (Lipinski definition) is 0. The normalized spacial score (nSPS) is 20.0. The number of pyridine rings is 1. The second kappa shape index (κ2) is 7.87. The minimum absolute atomic E-state index is 0.0254. The molecule has 1 aromatic rings. The highest BCUT2D eigenvalue weighted by atomic mass is 16.6. The number of ether oxygens (including phenoxy) is 1. The van der Waals surface area contributed by atoms with Crippen molar-refractivity contribution in [3.05, 3.63) is 30.1 Å². The molecule has 0 radical (unpaired) electrons. The molecule has 148 valence electrons. The smallest absolute Gasteiger partial charge is 0.409 e. The van der Waals surface area contributed by atoms with Crippen LogP contribution < -0.4 is 0 Å². The Labute approximate surface area is 161 Å². The van der Waals surface area contributed by atoms with Gasteiger partial charge in [0.15, 0.2) is 0 Å². The third-order valence-corrected chi connectivity index (χ3v) is 5.54. The van der Waals surface area contributed by atoms with Gasteiger partial charge >= 0.3 is 6.09 Å². The van der Waals surface area contributed by atoms with Gasteiger partial charge in [0.05, 0.1) is 18.8 Å². The van der Waals surface area contributed by atoms with E-state index >= 15 is 0 Å². The minimum atomic E-state index is -0.211. The summed E-state index contributed by atoms with van der Waals surface area (Å²) in [5.74, 6) is 0.207. The number of hydrogen-bond acceptors (Lipinski definition) is 4. The van der Waals surface area contributed by atoms with E-state index in [-0.39, 0.29) is 22.8 Å². The molecule has 2 fully saturated rings. The van der Waals surface area contributed by atoms with Gasteiger partial charge in [-0.25, -0.2) is 4.79 Å². The van der Waals surface area contributed by atoms with Crippen molar-refractivity contribution in [2.75, 3.05) is 26.2 Å². The Kier molecular flexibility index (Phi) is 5.72. The Morgan fingerprint density at radius 3 is 2.59 bits per heavy atom. The summed E-state index contributed by atoms with van der Waals surface area (Å²) < 4.78 is 5.45. The van der Waals surface area contributed by atoms with Gasteiger partial charge in [0.1, 0.15) is 0 Å². The standard InChI is InChI=1S/C21H31N3O3/c1-20(2,3)16-27-19(26)23-12-9-21(10-13-23)8-7-18(25)24(15-21)14-17-6-4-5-11-22-17/h4-6,11H,7-10,12-16H2,1-3H3. The van der Waals surface area contributed by atoms with Crippen molar-refractivity contribution in [3.63, 3.8) is 0 Å². The van der Waals surface area contributed by atoms with E-state index < -0.39 is 0 Å². The third-order valence-electron chi connectivity index (χ3n) is 5.54. The Balaban J connectivity index is 1.55. The number of aromatic nitrogens is 1. The average Bonchev–Trinajstić information content (AvgIpc) is 2.64. The van der Waals surface area contributed by atoms with Gasteiger partial charge in [0, 0.05) is 32.3 Å². The van der Waals surface area contributed by atoms with Gasteiger partial charge in [-0.15, -0.1) is 0 Å². The molecular weight excluding hydrogens is 342 g/mol. The zero-order valence-corrected chi connectivity index (χ0v) is 16.7. The Bertz CT molecular complexity index is 661. The lowest BCUT2D eigenvalue weighted by Gasteiger charge is -2.47. The van der Waals surface area contributed by atoms with Gasteiger partial charge in [0.25, 0.3) is 0 Å². The van der Waals surface area contributed by atoms with Gasteiger partial charge in [0.2, 0.25) is 5.91 Å². The first kappa shape index (κ1) is 19.6. The van der Waals surface area contributed by atoms with E-state index in [9.17, 15) is 9.59 Å². The van der Waals surface area contributed by atoms with Crippen molar-refractivity contribution in [1.29, 1.82) is 0 Å². The van der Waals surface area contributed by atoms with Crippen LogP contribution in [0.3, 0.4) is 0 Å². The number of carbonyl (C=O) groups excluding carboxylic acids is 2. The van der Waals surface area contributed by atoms with E-state index in [2.05, 4.69) is 25.8 Å². The summed E-state index contributed by atoms with van der Waals surface area (Å²) >= 11 is 0. The topological polar surface area (TPSA) is 62.7 Å². The lowest BCUT2D eigenvalue weighted by Crippen LogP contribution is -2.52. The van der Waals surface area contributed by atoms with E-state index in [1.165, 1.54) is 0 Å². The maximum absolute atomic E-state index is 12.4. The largest absolute Gasteiger partial charge is 0.449 e. The van der Waals surface area contributed by atoms with Crippen LogP contribution in [0.2, 0.25) is 0 Å². The van der Waals surface area contributed by atoms with Crippen molar-refractivity contribution in [2.24, 2.45) is 10.8 Å². The van der Waals surface area contributed by atoms with Gasteiger partial charge in [-0.1, -0.05) is 26.8 Å². The molecule has 0 atom stereocenters. The Morgan fingerprint density at radius 2 is 1.96 bits per heavy atom. The molecule has 6 nitrogen and oxygen atoms in total. The molecule has 0 saturated carbocycles. The molecule has 1 spiro atoms. The molecule has 2 amide bonds. The van der Waals surface area contributed by atoms with Gasteiger partial charge in [-0.2, -0.15) is 0 Å². The fourth-order valence-corrected chi connectivity index (χ4v) is 3.87. The first-order valence-electron chi connectivity index (χ1n) is 9.86. The predicted molar refractivity (Wildman–Crippen MR) is 103 cm³/mol. The number of rotatable bonds is 3. The zero-order valence-electron chi connectivity index (χ0n) is 16.7. The van der Waals surface area contributed by atoms with E-state index in [0.29, 0.717) is 32.7 Å².